The van der Waals surface area contributed by atoms with Gasteiger partial charge in [-0.15, -0.1) is 0 Å². The summed E-state index contributed by atoms with van der Waals surface area (Å²) >= 11 is 6.78. The number of esters is 1. The number of hydrogen-bond donors (Lipinski definition) is 1. The van der Waals surface area contributed by atoms with Crippen molar-refractivity contribution in [1.82, 2.24) is 0 Å². The fourth-order valence-electron chi connectivity index (χ4n) is 1.58. The number of halogens is 1. The van der Waals surface area contributed by atoms with Crippen LogP contribution in [0.15, 0.2) is 53.7 Å². The Morgan fingerprint density at radius 2 is 1.96 bits per heavy atom. The van der Waals surface area contributed by atoms with Gasteiger partial charge in [0.1, 0.15) is 5.75 Å². The summed E-state index contributed by atoms with van der Waals surface area (Å²) in [6, 6.07) is 11.4. The predicted molar refractivity (Wildman–Crippen MR) is 87.2 cm³/mol. The SMILES string of the molecule is O=C(COC(=O)CSc1cccc[n+]1[O-])Nc1ccc(Cl)cc1. The number of ether oxygens (including phenoxy) is 1. The van der Waals surface area contributed by atoms with Gasteiger partial charge in [0, 0.05) is 22.8 Å². The molecule has 0 aliphatic carbocycles. The number of amides is 1. The Balaban J connectivity index is 1.72. The first-order chi connectivity index (χ1) is 11.0. The van der Waals surface area contributed by atoms with Gasteiger partial charge >= 0.3 is 5.97 Å². The van der Waals surface area contributed by atoms with Crippen LogP contribution in [0.4, 0.5) is 5.69 Å². The zero-order valence-electron chi connectivity index (χ0n) is 11.9. The number of nitrogens with zero attached hydrogens (tertiary/aromatic N) is 1. The van der Waals surface area contributed by atoms with E-state index in [1.54, 1.807) is 42.5 Å². The van der Waals surface area contributed by atoms with Crippen LogP contribution < -0.4 is 10.0 Å². The van der Waals surface area contributed by atoms with E-state index in [-0.39, 0.29) is 5.75 Å². The topological polar surface area (TPSA) is 82.3 Å². The third kappa shape index (κ3) is 5.80. The molecule has 0 aliphatic rings. The highest BCUT2D eigenvalue weighted by Crippen LogP contribution is 2.14. The van der Waals surface area contributed by atoms with Crippen LogP contribution in [0.25, 0.3) is 0 Å². The van der Waals surface area contributed by atoms with Crippen molar-refractivity contribution in [3.05, 3.63) is 58.9 Å². The lowest BCUT2D eigenvalue weighted by Gasteiger charge is -2.06. The van der Waals surface area contributed by atoms with E-state index in [0.29, 0.717) is 20.5 Å². The fourth-order valence-corrected chi connectivity index (χ4v) is 2.41. The van der Waals surface area contributed by atoms with E-state index >= 15 is 0 Å². The summed E-state index contributed by atoms with van der Waals surface area (Å²) in [6.07, 6.45) is 1.34. The highest BCUT2D eigenvalue weighted by atomic mass is 35.5. The maximum atomic E-state index is 11.6. The molecule has 120 valence electrons. The molecule has 0 spiro atoms. The monoisotopic (exact) mass is 352 g/mol. The van der Waals surface area contributed by atoms with Gasteiger partial charge < -0.3 is 15.3 Å². The maximum Gasteiger partial charge on any atom is 0.317 e. The summed E-state index contributed by atoms with van der Waals surface area (Å²) in [6.45, 7) is -0.395. The van der Waals surface area contributed by atoms with Crippen molar-refractivity contribution in [1.29, 1.82) is 0 Å². The molecule has 1 amide bonds. The molecule has 0 bridgehead atoms. The number of anilines is 1. The van der Waals surface area contributed by atoms with E-state index in [2.05, 4.69) is 5.32 Å². The minimum atomic E-state index is -0.579. The Hall–Kier alpha value is -2.25. The Kier molecular flexibility index (Phi) is 6.25. The van der Waals surface area contributed by atoms with Crippen molar-refractivity contribution in [3.8, 4) is 0 Å². The Morgan fingerprint density at radius 1 is 1.22 bits per heavy atom. The van der Waals surface area contributed by atoms with Crippen molar-refractivity contribution in [3.63, 3.8) is 0 Å². The molecule has 1 aromatic heterocycles. The average molecular weight is 353 g/mol. The highest BCUT2D eigenvalue weighted by Gasteiger charge is 2.12. The number of aromatic nitrogens is 1. The smallest absolute Gasteiger partial charge is 0.317 e. The minimum Gasteiger partial charge on any atom is -0.618 e. The second-order valence-electron chi connectivity index (χ2n) is 4.37. The van der Waals surface area contributed by atoms with Crippen LogP contribution in [0, 0.1) is 5.21 Å². The first-order valence-corrected chi connectivity index (χ1v) is 7.93. The van der Waals surface area contributed by atoms with Crippen molar-refractivity contribution in [2.45, 2.75) is 5.03 Å². The zero-order chi connectivity index (χ0) is 16.7. The summed E-state index contributed by atoms with van der Waals surface area (Å²) in [5, 5.41) is 14.9. The Morgan fingerprint density at radius 3 is 2.65 bits per heavy atom. The molecule has 0 aliphatic heterocycles. The van der Waals surface area contributed by atoms with E-state index in [1.165, 1.54) is 6.20 Å². The van der Waals surface area contributed by atoms with Crippen molar-refractivity contribution >= 4 is 40.9 Å². The van der Waals surface area contributed by atoms with Gasteiger partial charge in [0.2, 0.25) is 0 Å². The summed E-state index contributed by atoms with van der Waals surface area (Å²) in [5.74, 6) is -1.09. The maximum absolute atomic E-state index is 11.6. The summed E-state index contributed by atoms with van der Waals surface area (Å²) in [5.41, 5.74) is 0.557. The van der Waals surface area contributed by atoms with E-state index in [4.69, 9.17) is 16.3 Å². The van der Waals surface area contributed by atoms with Gasteiger partial charge in [0.25, 0.3) is 10.9 Å². The number of rotatable bonds is 6. The normalized spacial score (nSPS) is 10.1. The van der Waals surface area contributed by atoms with Gasteiger partial charge in [0.15, 0.2) is 12.8 Å². The first kappa shape index (κ1) is 17.1. The van der Waals surface area contributed by atoms with Crippen LogP contribution in [0.2, 0.25) is 5.02 Å². The molecule has 1 heterocycles. The molecule has 2 rings (SSSR count). The number of pyridine rings is 1. The van der Waals surface area contributed by atoms with Gasteiger partial charge in [-0.05, 0) is 42.1 Å². The third-order valence-corrected chi connectivity index (χ3v) is 3.86. The molecule has 0 fully saturated rings. The molecular weight excluding hydrogens is 340 g/mol. The molecule has 6 nitrogen and oxygen atoms in total. The van der Waals surface area contributed by atoms with Gasteiger partial charge in [-0.1, -0.05) is 11.6 Å². The molecule has 0 saturated heterocycles. The van der Waals surface area contributed by atoms with E-state index in [9.17, 15) is 14.8 Å². The number of hydrogen-bond acceptors (Lipinski definition) is 5. The number of carbonyl (C=O) groups is 2. The first-order valence-electron chi connectivity index (χ1n) is 6.56. The van der Waals surface area contributed by atoms with E-state index in [1.807, 2.05) is 0 Å². The van der Waals surface area contributed by atoms with Crippen LogP contribution in [-0.2, 0) is 14.3 Å². The van der Waals surface area contributed by atoms with Crippen LogP contribution in [0.5, 0.6) is 0 Å². The molecule has 0 saturated carbocycles. The quantitative estimate of drug-likeness (QED) is 0.373. The molecule has 23 heavy (non-hydrogen) atoms. The number of carbonyl (C=O) groups excluding carboxylic acids is 2. The lowest BCUT2D eigenvalue weighted by Crippen LogP contribution is -2.28. The van der Waals surface area contributed by atoms with Crippen LogP contribution in [0.3, 0.4) is 0 Å². The van der Waals surface area contributed by atoms with Crippen molar-refractivity contribution in [2.75, 3.05) is 17.7 Å². The molecular formula is C15H13ClN2O4S. The molecule has 0 atom stereocenters. The van der Waals surface area contributed by atoms with Gasteiger partial charge in [-0.3, -0.25) is 9.59 Å². The van der Waals surface area contributed by atoms with E-state index in [0.717, 1.165) is 11.8 Å². The summed E-state index contributed by atoms with van der Waals surface area (Å²) in [7, 11) is 0. The minimum absolute atomic E-state index is 0.0551. The van der Waals surface area contributed by atoms with Gasteiger partial charge in [-0.25, -0.2) is 0 Å². The average Bonchev–Trinajstić information content (AvgIpc) is 2.54. The van der Waals surface area contributed by atoms with Crippen molar-refractivity contribution in [2.24, 2.45) is 0 Å². The van der Waals surface area contributed by atoms with Crippen LogP contribution >= 0.6 is 23.4 Å². The van der Waals surface area contributed by atoms with Gasteiger partial charge in [0.05, 0.1) is 0 Å². The predicted octanol–water partition coefficient (Wildman–Crippen LogP) is 2.25. The molecule has 8 heteroatoms. The van der Waals surface area contributed by atoms with E-state index < -0.39 is 18.5 Å². The highest BCUT2D eigenvalue weighted by molar-refractivity contribution is 7.99. The fraction of sp³-hybridized carbons (Fsp3) is 0.133. The zero-order valence-corrected chi connectivity index (χ0v) is 13.5. The molecule has 1 aromatic carbocycles. The molecule has 0 radical (unpaired) electrons. The lowest BCUT2D eigenvalue weighted by molar-refractivity contribution is -0.645. The third-order valence-electron chi connectivity index (χ3n) is 2.62. The largest absolute Gasteiger partial charge is 0.618 e. The summed E-state index contributed by atoms with van der Waals surface area (Å²) < 4.78 is 5.51. The number of thioether (sulfide) groups is 1. The lowest BCUT2D eigenvalue weighted by atomic mass is 10.3. The van der Waals surface area contributed by atoms with Crippen LogP contribution in [-0.4, -0.2) is 24.2 Å². The number of benzene rings is 1. The standard InChI is InChI=1S/C15H13ClN2O4S/c16-11-4-6-12(7-5-11)17-13(19)9-22-15(20)10-23-14-3-1-2-8-18(14)21/h1-8H,9-10H2,(H,17,19). The van der Waals surface area contributed by atoms with Crippen LogP contribution in [0.1, 0.15) is 0 Å². The Labute approximate surface area is 142 Å². The molecule has 0 unspecified atom stereocenters. The van der Waals surface area contributed by atoms with Gasteiger partial charge in [-0.2, -0.15) is 4.73 Å². The molecule has 2 aromatic rings. The second-order valence-corrected chi connectivity index (χ2v) is 5.80. The second kappa shape index (κ2) is 8.40. The summed E-state index contributed by atoms with van der Waals surface area (Å²) in [4.78, 5) is 23.2. The molecule has 1 N–H and O–H groups in total. The Bertz CT molecular complexity index is 694. The van der Waals surface area contributed by atoms with Crippen molar-refractivity contribution < 1.29 is 19.1 Å². The number of nitrogens with one attached hydrogen (secondary N) is 1.